The quantitative estimate of drug-likeness (QED) is 0.680. The van der Waals surface area contributed by atoms with Crippen LogP contribution in [-0.4, -0.2) is 29.2 Å². The molecule has 2 N–H and O–H groups in total. The molecule has 0 saturated carbocycles. The minimum absolute atomic E-state index is 0.00995. The number of unbranched alkanes of at least 4 members (excludes halogenated alkanes) is 2. The van der Waals surface area contributed by atoms with Gasteiger partial charge in [0, 0.05) is 25.6 Å². The number of thioether (sulfide) groups is 1. The van der Waals surface area contributed by atoms with Gasteiger partial charge in [-0.25, -0.2) is 0 Å². The second-order valence-electron chi connectivity index (χ2n) is 5.36. The molecule has 126 valence electrons. The molecule has 0 radical (unpaired) electrons. The van der Waals surface area contributed by atoms with Crippen molar-refractivity contribution in [3.05, 3.63) is 29.8 Å². The van der Waals surface area contributed by atoms with E-state index in [1.807, 2.05) is 31.2 Å². The van der Waals surface area contributed by atoms with Crippen molar-refractivity contribution in [2.24, 2.45) is 0 Å². The van der Waals surface area contributed by atoms with E-state index in [-0.39, 0.29) is 22.7 Å². The predicted molar refractivity (Wildman–Crippen MR) is 94.4 cm³/mol. The zero-order valence-corrected chi connectivity index (χ0v) is 14.5. The number of carbonyl (C=O) groups is 3. The molecular formula is C17H24N2O3S. The van der Waals surface area contributed by atoms with E-state index in [9.17, 15) is 14.4 Å². The molecule has 0 spiro atoms. The molecule has 0 aromatic heterocycles. The van der Waals surface area contributed by atoms with E-state index in [2.05, 4.69) is 10.6 Å². The Morgan fingerprint density at radius 1 is 1.00 bits per heavy atom. The first-order valence-electron chi connectivity index (χ1n) is 7.74. The van der Waals surface area contributed by atoms with Crippen molar-refractivity contribution < 1.29 is 14.4 Å². The third-order valence-corrected chi connectivity index (χ3v) is 3.96. The van der Waals surface area contributed by atoms with E-state index in [0.717, 1.165) is 42.3 Å². The summed E-state index contributed by atoms with van der Waals surface area (Å²) in [7, 11) is 0. The van der Waals surface area contributed by atoms with E-state index in [1.54, 1.807) is 0 Å². The Labute approximate surface area is 141 Å². The smallest absolute Gasteiger partial charge is 0.230 e. The first-order chi connectivity index (χ1) is 11.0. The maximum atomic E-state index is 11.8. The van der Waals surface area contributed by atoms with Gasteiger partial charge in [-0.1, -0.05) is 35.9 Å². The first kappa shape index (κ1) is 19.2. The third-order valence-electron chi connectivity index (χ3n) is 3.14. The molecule has 0 bridgehead atoms. The Balaban J connectivity index is 2.04. The number of hydrogen-bond acceptors (Lipinski definition) is 4. The number of rotatable bonds is 9. The highest BCUT2D eigenvalue weighted by Crippen LogP contribution is 2.10. The third kappa shape index (κ3) is 9.73. The summed E-state index contributed by atoms with van der Waals surface area (Å²) in [4.78, 5) is 33.9. The van der Waals surface area contributed by atoms with Gasteiger partial charge in [0.2, 0.25) is 11.8 Å². The van der Waals surface area contributed by atoms with E-state index in [1.165, 1.54) is 6.92 Å². The van der Waals surface area contributed by atoms with Crippen LogP contribution in [0.5, 0.6) is 0 Å². The second-order valence-corrected chi connectivity index (χ2v) is 6.51. The average Bonchev–Trinajstić information content (AvgIpc) is 2.51. The zero-order valence-electron chi connectivity index (χ0n) is 13.7. The van der Waals surface area contributed by atoms with Gasteiger partial charge in [0.15, 0.2) is 5.12 Å². The fraction of sp³-hybridized carbons (Fsp3) is 0.471. The van der Waals surface area contributed by atoms with Crippen LogP contribution in [0, 0.1) is 6.92 Å². The summed E-state index contributed by atoms with van der Waals surface area (Å²) in [6.07, 6.45) is 2.97. The molecule has 0 atom stereocenters. The maximum Gasteiger partial charge on any atom is 0.230 e. The summed E-state index contributed by atoms with van der Waals surface area (Å²) < 4.78 is 0. The van der Waals surface area contributed by atoms with Gasteiger partial charge in [-0.2, -0.15) is 0 Å². The highest BCUT2D eigenvalue weighted by molar-refractivity contribution is 8.14. The van der Waals surface area contributed by atoms with Crippen LogP contribution in [0.15, 0.2) is 24.3 Å². The van der Waals surface area contributed by atoms with Crippen LogP contribution in [0.2, 0.25) is 0 Å². The molecule has 1 aromatic rings. The first-order valence-corrected chi connectivity index (χ1v) is 8.72. The molecular weight excluding hydrogens is 312 g/mol. The lowest BCUT2D eigenvalue weighted by Gasteiger charge is -2.06. The van der Waals surface area contributed by atoms with Crippen molar-refractivity contribution in [2.45, 2.75) is 39.5 Å². The topological polar surface area (TPSA) is 75.3 Å². The highest BCUT2D eigenvalue weighted by Gasteiger charge is 2.04. The molecule has 23 heavy (non-hydrogen) atoms. The van der Waals surface area contributed by atoms with Gasteiger partial charge in [0.25, 0.3) is 0 Å². The summed E-state index contributed by atoms with van der Waals surface area (Å²) in [5.41, 5.74) is 1.97. The van der Waals surface area contributed by atoms with Crippen LogP contribution >= 0.6 is 11.8 Å². The molecule has 0 saturated heterocycles. The van der Waals surface area contributed by atoms with Crippen molar-refractivity contribution in [1.29, 1.82) is 0 Å². The van der Waals surface area contributed by atoms with E-state index in [0.29, 0.717) is 13.0 Å². The number of nitrogens with one attached hydrogen (secondary N) is 2. The van der Waals surface area contributed by atoms with Gasteiger partial charge in [0.05, 0.1) is 5.75 Å². The van der Waals surface area contributed by atoms with Crippen LogP contribution in [0.3, 0.4) is 0 Å². The van der Waals surface area contributed by atoms with E-state index < -0.39 is 0 Å². The molecule has 0 unspecified atom stereocenters. The Bertz CT molecular complexity index is 529. The molecule has 0 aliphatic carbocycles. The van der Waals surface area contributed by atoms with Crippen LogP contribution in [0.25, 0.3) is 0 Å². The fourth-order valence-corrected chi connectivity index (χ4v) is 2.33. The Morgan fingerprint density at radius 3 is 2.35 bits per heavy atom. The van der Waals surface area contributed by atoms with Crippen molar-refractivity contribution in [3.8, 4) is 0 Å². The molecule has 0 aliphatic heterocycles. The van der Waals surface area contributed by atoms with Crippen molar-refractivity contribution in [2.75, 3.05) is 17.6 Å². The van der Waals surface area contributed by atoms with Gasteiger partial charge in [-0.05, 0) is 31.9 Å². The maximum absolute atomic E-state index is 11.8. The molecule has 2 amide bonds. The Kier molecular flexibility index (Phi) is 9.05. The van der Waals surface area contributed by atoms with Crippen molar-refractivity contribution >= 4 is 34.4 Å². The Hall–Kier alpha value is -1.82. The summed E-state index contributed by atoms with van der Waals surface area (Å²) in [5.74, 6) is 0.0620. The van der Waals surface area contributed by atoms with Gasteiger partial charge in [-0.3, -0.25) is 14.4 Å². The number of amides is 2. The van der Waals surface area contributed by atoms with E-state index >= 15 is 0 Å². The normalized spacial score (nSPS) is 10.2. The fourth-order valence-electron chi connectivity index (χ4n) is 1.89. The lowest BCUT2D eigenvalue weighted by atomic mass is 10.1. The van der Waals surface area contributed by atoms with Gasteiger partial charge in [0.1, 0.15) is 0 Å². The minimum Gasteiger partial charge on any atom is -0.355 e. The second kappa shape index (κ2) is 10.8. The van der Waals surface area contributed by atoms with Crippen LogP contribution in [0.1, 0.15) is 38.2 Å². The number of benzene rings is 1. The molecule has 0 fully saturated rings. The number of aryl methyl sites for hydroxylation is 1. The largest absolute Gasteiger partial charge is 0.355 e. The number of anilines is 1. The lowest BCUT2D eigenvalue weighted by molar-refractivity contribution is -0.119. The van der Waals surface area contributed by atoms with Crippen molar-refractivity contribution in [1.82, 2.24) is 5.32 Å². The number of carbonyl (C=O) groups excluding carboxylic acids is 3. The molecule has 1 aromatic carbocycles. The molecule has 1 rings (SSSR count). The molecule has 0 heterocycles. The van der Waals surface area contributed by atoms with Gasteiger partial charge < -0.3 is 10.6 Å². The van der Waals surface area contributed by atoms with Gasteiger partial charge in [-0.15, -0.1) is 0 Å². The van der Waals surface area contributed by atoms with Crippen LogP contribution < -0.4 is 10.6 Å². The average molecular weight is 336 g/mol. The standard InChI is InChI=1S/C17H24N2O3S/c1-13-7-9-15(10-8-13)19-16(21)6-4-3-5-11-18-17(22)12-23-14(2)20/h7-10H,3-6,11-12H2,1-2H3,(H,18,22)(H,19,21). The van der Waals surface area contributed by atoms with Crippen LogP contribution in [0.4, 0.5) is 5.69 Å². The summed E-state index contributed by atoms with van der Waals surface area (Å²) in [6, 6.07) is 7.70. The number of hydrogen-bond donors (Lipinski definition) is 2. The summed E-state index contributed by atoms with van der Waals surface area (Å²) in [6.45, 7) is 4.03. The highest BCUT2D eigenvalue weighted by atomic mass is 32.2. The SMILES string of the molecule is CC(=O)SCC(=O)NCCCCCC(=O)Nc1ccc(C)cc1. The molecule has 5 nitrogen and oxygen atoms in total. The molecule has 0 aliphatic rings. The summed E-state index contributed by atoms with van der Waals surface area (Å²) >= 11 is 1.01. The zero-order chi connectivity index (χ0) is 17.1. The molecule has 6 heteroatoms. The summed E-state index contributed by atoms with van der Waals surface area (Å²) in [5, 5.41) is 5.57. The lowest BCUT2D eigenvalue weighted by Crippen LogP contribution is -2.26. The van der Waals surface area contributed by atoms with Crippen molar-refractivity contribution in [3.63, 3.8) is 0 Å². The van der Waals surface area contributed by atoms with Gasteiger partial charge >= 0.3 is 0 Å². The van der Waals surface area contributed by atoms with Crippen LogP contribution in [-0.2, 0) is 14.4 Å². The predicted octanol–water partition coefficient (Wildman–Crippen LogP) is 2.89. The monoisotopic (exact) mass is 336 g/mol. The minimum atomic E-state index is -0.123. The van der Waals surface area contributed by atoms with E-state index in [4.69, 9.17) is 0 Å². The Morgan fingerprint density at radius 2 is 1.70 bits per heavy atom.